The molecule has 0 bridgehead atoms. The van der Waals surface area contributed by atoms with Crippen LogP contribution in [0.3, 0.4) is 0 Å². The molecule has 0 N–H and O–H groups in total. The minimum absolute atomic E-state index is 0.0270. The summed E-state index contributed by atoms with van der Waals surface area (Å²) in [5, 5.41) is 0. The van der Waals surface area contributed by atoms with E-state index in [4.69, 9.17) is 4.74 Å². The molecule has 122 valence electrons. The molecule has 21 heavy (non-hydrogen) atoms. The van der Waals surface area contributed by atoms with Gasteiger partial charge in [0.25, 0.3) is 0 Å². The molecule has 1 atom stereocenters. The van der Waals surface area contributed by atoms with Gasteiger partial charge in [0.2, 0.25) is 5.91 Å². The Morgan fingerprint density at radius 3 is 2.43 bits per heavy atom. The monoisotopic (exact) mass is 296 g/mol. The lowest BCUT2D eigenvalue weighted by atomic mass is 9.81. The SMILES string of the molecule is CCN(CC)C1CCOC2(CCN(C(=O)C(C)C)CC2)C1. The zero-order chi connectivity index (χ0) is 15.5. The van der Waals surface area contributed by atoms with E-state index in [0.717, 1.165) is 58.5 Å². The van der Waals surface area contributed by atoms with Crippen LogP contribution in [0.5, 0.6) is 0 Å². The van der Waals surface area contributed by atoms with Crippen molar-refractivity contribution in [3.8, 4) is 0 Å². The minimum atomic E-state index is 0.0270. The first kappa shape index (κ1) is 16.8. The molecule has 4 nitrogen and oxygen atoms in total. The number of hydrogen-bond acceptors (Lipinski definition) is 3. The largest absolute Gasteiger partial charge is 0.375 e. The maximum Gasteiger partial charge on any atom is 0.225 e. The fourth-order valence-electron chi connectivity index (χ4n) is 3.90. The topological polar surface area (TPSA) is 32.8 Å². The lowest BCUT2D eigenvalue weighted by Gasteiger charge is -2.48. The fourth-order valence-corrected chi connectivity index (χ4v) is 3.90. The standard InChI is InChI=1S/C17H32N2O2/c1-5-18(6-2)15-7-12-21-17(13-15)8-10-19(11-9-17)16(20)14(3)4/h14-15H,5-13H2,1-4H3. The molecule has 0 saturated carbocycles. The molecular formula is C17H32N2O2. The van der Waals surface area contributed by atoms with Crippen molar-refractivity contribution in [2.45, 2.75) is 65.0 Å². The van der Waals surface area contributed by atoms with Gasteiger partial charge in [-0.1, -0.05) is 27.7 Å². The first-order valence-corrected chi connectivity index (χ1v) is 8.68. The summed E-state index contributed by atoms with van der Waals surface area (Å²) in [6.45, 7) is 13.3. The molecule has 1 spiro atoms. The summed E-state index contributed by atoms with van der Waals surface area (Å²) in [6.07, 6.45) is 4.29. The Bertz CT molecular complexity index is 345. The van der Waals surface area contributed by atoms with E-state index in [-0.39, 0.29) is 11.5 Å². The molecule has 0 radical (unpaired) electrons. The second-order valence-corrected chi connectivity index (χ2v) is 6.88. The number of likely N-dealkylation sites (tertiary alicyclic amines) is 1. The van der Waals surface area contributed by atoms with Crippen LogP contribution in [-0.2, 0) is 9.53 Å². The average molecular weight is 296 g/mol. The maximum atomic E-state index is 12.1. The first-order valence-electron chi connectivity index (χ1n) is 8.68. The van der Waals surface area contributed by atoms with Crippen molar-refractivity contribution in [3.05, 3.63) is 0 Å². The van der Waals surface area contributed by atoms with Crippen molar-refractivity contribution in [1.82, 2.24) is 9.80 Å². The molecule has 2 aliphatic heterocycles. The quantitative estimate of drug-likeness (QED) is 0.799. The van der Waals surface area contributed by atoms with Crippen LogP contribution in [0.2, 0.25) is 0 Å². The molecule has 0 aromatic carbocycles. The number of carbonyl (C=O) groups is 1. The molecule has 2 fully saturated rings. The first-order chi connectivity index (χ1) is 10.0. The number of amides is 1. The van der Waals surface area contributed by atoms with Crippen LogP contribution in [0.15, 0.2) is 0 Å². The van der Waals surface area contributed by atoms with Gasteiger partial charge in [-0.05, 0) is 38.8 Å². The van der Waals surface area contributed by atoms with Crippen molar-refractivity contribution in [3.63, 3.8) is 0 Å². The van der Waals surface area contributed by atoms with E-state index in [9.17, 15) is 4.79 Å². The predicted octanol–water partition coefficient (Wildman–Crippen LogP) is 2.52. The van der Waals surface area contributed by atoms with Gasteiger partial charge in [0.05, 0.1) is 5.60 Å². The van der Waals surface area contributed by atoms with E-state index in [2.05, 4.69) is 18.7 Å². The second-order valence-electron chi connectivity index (χ2n) is 6.88. The zero-order valence-electron chi connectivity index (χ0n) is 14.2. The molecule has 2 saturated heterocycles. The van der Waals surface area contributed by atoms with Gasteiger partial charge >= 0.3 is 0 Å². The molecule has 4 heteroatoms. The molecular weight excluding hydrogens is 264 g/mol. The highest BCUT2D eigenvalue weighted by Gasteiger charge is 2.42. The Hall–Kier alpha value is -0.610. The van der Waals surface area contributed by atoms with Crippen LogP contribution in [0, 0.1) is 5.92 Å². The maximum absolute atomic E-state index is 12.1. The van der Waals surface area contributed by atoms with Gasteiger partial charge < -0.3 is 14.5 Å². The summed E-state index contributed by atoms with van der Waals surface area (Å²) in [6, 6.07) is 0.654. The third-order valence-corrected chi connectivity index (χ3v) is 5.28. The number of ether oxygens (including phenoxy) is 1. The van der Waals surface area contributed by atoms with E-state index >= 15 is 0 Å². The van der Waals surface area contributed by atoms with E-state index in [1.807, 2.05) is 18.7 Å². The average Bonchev–Trinajstić information content (AvgIpc) is 2.49. The van der Waals surface area contributed by atoms with Gasteiger partial charge in [-0.15, -0.1) is 0 Å². The van der Waals surface area contributed by atoms with E-state index < -0.39 is 0 Å². The Balaban J connectivity index is 1.94. The highest BCUT2D eigenvalue weighted by Crippen LogP contribution is 2.36. The predicted molar refractivity (Wildman–Crippen MR) is 85.3 cm³/mol. The number of nitrogens with zero attached hydrogens (tertiary/aromatic N) is 2. The molecule has 0 aromatic rings. The van der Waals surface area contributed by atoms with E-state index in [0.29, 0.717) is 11.9 Å². The number of piperidine rings is 1. The Morgan fingerprint density at radius 1 is 1.29 bits per heavy atom. The highest BCUT2D eigenvalue weighted by molar-refractivity contribution is 5.78. The second kappa shape index (κ2) is 7.10. The molecule has 2 aliphatic rings. The highest BCUT2D eigenvalue weighted by atomic mass is 16.5. The van der Waals surface area contributed by atoms with Crippen LogP contribution in [0.1, 0.15) is 53.4 Å². The Morgan fingerprint density at radius 2 is 1.90 bits per heavy atom. The Kier molecular flexibility index (Phi) is 5.67. The van der Waals surface area contributed by atoms with Crippen LogP contribution in [0.25, 0.3) is 0 Å². The zero-order valence-corrected chi connectivity index (χ0v) is 14.2. The summed E-state index contributed by atoms with van der Waals surface area (Å²) < 4.78 is 6.20. The van der Waals surface area contributed by atoms with Crippen LogP contribution in [0.4, 0.5) is 0 Å². The number of rotatable bonds is 4. The van der Waals surface area contributed by atoms with E-state index in [1.54, 1.807) is 0 Å². The van der Waals surface area contributed by atoms with Crippen LogP contribution in [-0.4, -0.2) is 60.1 Å². The third-order valence-electron chi connectivity index (χ3n) is 5.28. The summed E-state index contributed by atoms with van der Waals surface area (Å²) in [4.78, 5) is 16.7. The Labute approximate surface area is 129 Å². The third kappa shape index (κ3) is 3.78. The van der Waals surface area contributed by atoms with Crippen LogP contribution >= 0.6 is 0 Å². The fraction of sp³-hybridized carbons (Fsp3) is 0.941. The van der Waals surface area contributed by atoms with Crippen molar-refractivity contribution in [2.75, 3.05) is 32.8 Å². The molecule has 0 aromatic heterocycles. The van der Waals surface area contributed by atoms with Gasteiger partial charge in [-0.2, -0.15) is 0 Å². The number of hydrogen-bond donors (Lipinski definition) is 0. The minimum Gasteiger partial charge on any atom is -0.375 e. The van der Waals surface area contributed by atoms with Gasteiger partial charge in [-0.25, -0.2) is 0 Å². The van der Waals surface area contributed by atoms with Crippen molar-refractivity contribution in [2.24, 2.45) is 5.92 Å². The summed E-state index contributed by atoms with van der Waals surface area (Å²) in [5.41, 5.74) is 0.0270. The normalized spacial score (nSPS) is 25.8. The summed E-state index contributed by atoms with van der Waals surface area (Å²) in [7, 11) is 0. The summed E-state index contributed by atoms with van der Waals surface area (Å²) in [5.74, 6) is 0.399. The van der Waals surface area contributed by atoms with Gasteiger partial charge in [-0.3, -0.25) is 4.79 Å². The lowest BCUT2D eigenvalue weighted by Crippen LogP contribution is -2.54. The summed E-state index contributed by atoms with van der Waals surface area (Å²) >= 11 is 0. The number of carbonyl (C=O) groups excluding carboxylic acids is 1. The van der Waals surface area contributed by atoms with Crippen molar-refractivity contribution < 1.29 is 9.53 Å². The molecule has 1 amide bonds. The molecule has 1 unspecified atom stereocenters. The van der Waals surface area contributed by atoms with Gasteiger partial charge in [0.15, 0.2) is 0 Å². The molecule has 0 aliphatic carbocycles. The molecule has 2 heterocycles. The van der Waals surface area contributed by atoms with Crippen molar-refractivity contribution in [1.29, 1.82) is 0 Å². The van der Waals surface area contributed by atoms with Gasteiger partial charge in [0.1, 0.15) is 0 Å². The van der Waals surface area contributed by atoms with Crippen LogP contribution < -0.4 is 0 Å². The van der Waals surface area contributed by atoms with E-state index in [1.165, 1.54) is 0 Å². The molecule has 2 rings (SSSR count). The lowest BCUT2D eigenvalue weighted by molar-refractivity contribution is -0.151. The van der Waals surface area contributed by atoms with Gasteiger partial charge in [0, 0.05) is 31.7 Å². The van der Waals surface area contributed by atoms with Crippen molar-refractivity contribution >= 4 is 5.91 Å². The smallest absolute Gasteiger partial charge is 0.225 e.